The molecule has 0 fully saturated rings. The average molecular weight is 321 g/mol. The zero-order chi connectivity index (χ0) is 17.1. The molecule has 2 aromatic carbocycles. The van der Waals surface area contributed by atoms with Crippen LogP contribution >= 0.6 is 0 Å². The average Bonchev–Trinajstić information content (AvgIpc) is 2.88. The Bertz CT molecular complexity index is 781. The van der Waals surface area contributed by atoms with Gasteiger partial charge in [-0.05, 0) is 43.3 Å². The minimum absolute atomic E-state index is 0.188. The van der Waals surface area contributed by atoms with E-state index in [1.165, 1.54) is 5.01 Å². The molecule has 122 valence electrons. The maximum atomic E-state index is 12.5. The quantitative estimate of drug-likeness (QED) is 0.807. The second kappa shape index (κ2) is 6.62. The van der Waals surface area contributed by atoms with Crippen molar-refractivity contribution in [2.24, 2.45) is 15.3 Å². The summed E-state index contributed by atoms with van der Waals surface area (Å²) in [6.07, 6.45) is 0. The summed E-state index contributed by atoms with van der Waals surface area (Å²) in [5.74, 6) is -0.188. The minimum atomic E-state index is -0.668. The van der Waals surface area contributed by atoms with E-state index in [1.807, 2.05) is 73.6 Å². The zero-order valence-corrected chi connectivity index (χ0v) is 13.9. The van der Waals surface area contributed by atoms with Crippen molar-refractivity contribution in [1.29, 1.82) is 0 Å². The molecule has 1 heterocycles. The van der Waals surface area contributed by atoms with Gasteiger partial charge in [0.25, 0.3) is 5.91 Å². The van der Waals surface area contributed by atoms with Crippen LogP contribution in [0.2, 0.25) is 0 Å². The van der Waals surface area contributed by atoms with Crippen molar-refractivity contribution in [3.05, 3.63) is 54.6 Å². The summed E-state index contributed by atoms with van der Waals surface area (Å²) in [6.45, 7) is 1.79. The molecular weight excluding hydrogens is 302 g/mol. The van der Waals surface area contributed by atoms with E-state index in [9.17, 15) is 4.79 Å². The van der Waals surface area contributed by atoms with E-state index in [0.717, 1.165) is 11.4 Å². The van der Waals surface area contributed by atoms with Gasteiger partial charge in [0.05, 0.1) is 17.1 Å². The molecule has 1 unspecified atom stereocenters. The summed E-state index contributed by atoms with van der Waals surface area (Å²) in [4.78, 5) is 14.5. The molecule has 0 radical (unpaired) electrons. The molecule has 0 saturated heterocycles. The van der Waals surface area contributed by atoms with Crippen molar-refractivity contribution in [3.8, 4) is 0 Å². The second-order valence-corrected chi connectivity index (χ2v) is 5.76. The van der Waals surface area contributed by atoms with Gasteiger partial charge in [-0.15, -0.1) is 0 Å². The van der Waals surface area contributed by atoms with E-state index in [-0.39, 0.29) is 5.91 Å². The van der Waals surface area contributed by atoms with Gasteiger partial charge in [-0.2, -0.15) is 20.3 Å². The van der Waals surface area contributed by atoms with Gasteiger partial charge in [-0.25, -0.2) is 0 Å². The third kappa shape index (κ3) is 3.17. The first-order chi connectivity index (χ1) is 11.6. The first kappa shape index (κ1) is 15.9. The van der Waals surface area contributed by atoms with Crippen LogP contribution in [0.3, 0.4) is 0 Å². The van der Waals surface area contributed by atoms with Crippen LogP contribution in [0.4, 0.5) is 17.1 Å². The summed E-state index contributed by atoms with van der Waals surface area (Å²) in [7, 11) is 3.96. The fraction of sp³-hybridized carbons (Fsp3) is 0.222. The number of hydrazone groups is 1. The lowest BCUT2D eigenvalue weighted by Crippen LogP contribution is -2.29. The van der Waals surface area contributed by atoms with Crippen LogP contribution in [0.15, 0.2) is 69.9 Å². The number of nitrogens with zero attached hydrogens (tertiary/aromatic N) is 5. The van der Waals surface area contributed by atoms with Crippen molar-refractivity contribution in [2.45, 2.75) is 13.0 Å². The molecule has 1 aliphatic heterocycles. The molecule has 0 spiro atoms. The Labute approximate surface area is 141 Å². The Morgan fingerprint density at radius 2 is 1.71 bits per heavy atom. The number of anilines is 2. The lowest BCUT2D eigenvalue weighted by atomic mass is 10.2. The van der Waals surface area contributed by atoms with Crippen LogP contribution in [0, 0.1) is 0 Å². The number of azo groups is 1. The fourth-order valence-electron chi connectivity index (χ4n) is 2.39. The van der Waals surface area contributed by atoms with E-state index in [1.54, 1.807) is 6.92 Å². The molecule has 0 aliphatic carbocycles. The molecule has 1 amide bonds. The highest BCUT2D eigenvalue weighted by atomic mass is 16.2. The van der Waals surface area contributed by atoms with Gasteiger partial charge in [0.1, 0.15) is 0 Å². The molecule has 6 nitrogen and oxygen atoms in total. The number of carbonyl (C=O) groups is 1. The second-order valence-electron chi connectivity index (χ2n) is 5.76. The van der Waals surface area contributed by atoms with E-state index >= 15 is 0 Å². The van der Waals surface area contributed by atoms with Crippen molar-refractivity contribution in [1.82, 2.24) is 0 Å². The van der Waals surface area contributed by atoms with Crippen LogP contribution in [0.1, 0.15) is 6.92 Å². The number of amides is 1. The highest BCUT2D eigenvalue weighted by molar-refractivity contribution is 6.18. The Kier molecular flexibility index (Phi) is 4.37. The predicted molar refractivity (Wildman–Crippen MR) is 96.1 cm³/mol. The number of rotatable bonds is 4. The normalized spacial score (nSPS) is 17.5. The highest BCUT2D eigenvalue weighted by Gasteiger charge is 2.34. The molecule has 0 bridgehead atoms. The van der Waals surface area contributed by atoms with Crippen molar-refractivity contribution < 1.29 is 4.79 Å². The molecular formula is C18H19N5O. The maximum Gasteiger partial charge on any atom is 0.280 e. The molecule has 0 N–H and O–H groups in total. The molecule has 1 atom stereocenters. The third-order valence-corrected chi connectivity index (χ3v) is 3.75. The van der Waals surface area contributed by atoms with Crippen LogP contribution in [-0.4, -0.2) is 31.8 Å². The van der Waals surface area contributed by atoms with E-state index < -0.39 is 6.04 Å². The lowest BCUT2D eigenvalue weighted by Gasteiger charge is -2.12. The van der Waals surface area contributed by atoms with Gasteiger partial charge in [-0.3, -0.25) is 4.79 Å². The summed E-state index contributed by atoms with van der Waals surface area (Å²) >= 11 is 0. The van der Waals surface area contributed by atoms with Crippen LogP contribution < -0.4 is 9.91 Å². The smallest absolute Gasteiger partial charge is 0.280 e. The summed E-state index contributed by atoms with van der Waals surface area (Å²) in [5, 5.41) is 14.1. The van der Waals surface area contributed by atoms with E-state index in [4.69, 9.17) is 0 Å². The Morgan fingerprint density at radius 1 is 1.04 bits per heavy atom. The first-order valence-electron chi connectivity index (χ1n) is 7.68. The minimum Gasteiger partial charge on any atom is -0.378 e. The number of para-hydroxylation sites is 1. The molecule has 1 aliphatic rings. The lowest BCUT2D eigenvalue weighted by molar-refractivity contribution is -0.117. The maximum absolute atomic E-state index is 12.5. The molecule has 3 rings (SSSR count). The molecule has 6 heteroatoms. The van der Waals surface area contributed by atoms with Crippen LogP contribution in [0.25, 0.3) is 0 Å². The van der Waals surface area contributed by atoms with Gasteiger partial charge < -0.3 is 4.90 Å². The van der Waals surface area contributed by atoms with E-state index in [0.29, 0.717) is 11.4 Å². The van der Waals surface area contributed by atoms with Gasteiger partial charge in [0, 0.05) is 19.8 Å². The standard InChI is InChI=1S/C18H19N5O/c1-13-17(18(24)23(21-13)16-7-5-4-6-8-16)20-19-14-9-11-15(12-10-14)22(2)3/h4-12,17H,1-3H3. The van der Waals surface area contributed by atoms with Crippen molar-refractivity contribution >= 4 is 28.7 Å². The predicted octanol–water partition coefficient (Wildman–Crippen LogP) is 3.63. The molecule has 0 saturated carbocycles. The van der Waals surface area contributed by atoms with Crippen LogP contribution in [-0.2, 0) is 4.79 Å². The SMILES string of the molecule is CC1=NN(c2ccccc2)C(=O)C1N=Nc1ccc(N(C)C)cc1. The van der Waals surface area contributed by atoms with Crippen LogP contribution in [0.5, 0.6) is 0 Å². The van der Waals surface area contributed by atoms with Gasteiger partial charge >= 0.3 is 0 Å². The third-order valence-electron chi connectivity index (χ3n) is 3.75. The largest absolute Gasteiger partial charge is 0.378 e. The first-order valence-corrected chi connectivity index (χ1v) is 7.68. The number of carbonyl (C=O) groups excluding carboxylic acids is 1. The molecule has 0 aromatic heterocycles. The van der Waals surface area contributed by atoms with Gasteiger partial charge in [-0.1, -0.05) is 18.2 Å². The zero-order valence-electron chi connectivity index (χ0n) is 13.9. The summed E-state index contributed by atoms with van der Waals surface area (Å²) in [6, 6.07) is 16.3. The topological polar surface area (TPSA) is 60.6 Å². The molecule has 24 heavy (non-hydrogen) atoms. The highest BCUT2D eigenvalue weighted by Crippen LogP contribution is 2.24. The number of hydrogen-bond acceptors (Lipinski definition) is 5. The van der Waals surface area contributed by atoms with Crippen molar-refractivity contribution in [2.75, 3.05) is 24.0 Å². The summed E-state index contributed by atoms with van der Waals surface area (Å²) < 4.78 is 0. The van der Waals surface area contributed by atoms with Gasteiger partial charge in [0.15, 0.2) is 6.04 Å². The van der Waals surface area contributed by atoms with Crippen molar-refractivity contribution in [3.63, 3.8) is 0 Å². The van der Waals surface area contributed by atoms with E-state index in [2.05, 4.69) is 15.3 Å². The Balaban J connectivity index is 1.76. The fourth-order valence-corrected chi connectivity index (χ4v) is 2.39. The van der Waals surface area contributed by atoms with Gasteiger partial charge in [0.2, 0.25) is 0 Å². The number of hydrogen-bond donors (Lipinski definition) is 0. The molecule has 2 aromatic rings. The monoisotopic (exact) mass is 321 g/mol. The Morgan fingerprint density at radius 3 is 2.33 bits per heavy atom. The Hall–Kier alpha value is -3.02. The summed E-state index contributed by atoms with van der Waals surface area (Å²) in [5.41, 5.74) is 3.16. The number of benzene rings is 2.